The maximum Gasteiger partial charge on any atom is 0.319 e. The molecule has 0 heterocycles. The van der Waals surface area contributed by atoms with Gasteiger partial charge in [-0.25, -0.2) is 0 Å². The normalized spacial score (nSPS) is 13.9. The van der Waals surface area contributed by atoms with Gasteiger partial charge in [-0.05, 0) is 24.1 Å². The van der Waals surface area contributed by atoms with E-state index in [0.717, 1.165) is 6.42 Å². The Kier molecular flexibility index (Phi) is 9.40. The van der Waals surface area contributed by atoms with Gasteiger partial charge in [-0.1, -0.05) is 32.6 Å². The van der Waals surface area contributed by atoms with Gasteiger partial charge in [-0.2, -0.15) is 8.42 Å². The molecule has 0 fully saturated rings. The van der Waals surface area contributed by atoms with Crippen molar-refractivity contribution in [3.05, 3.63) is 0 Å². The molecule has 98 valence electrons. The van der Waals surface area contributed by atoms with Crippen LogP contribution < -0.4 is 5.32 Å². The van der Waals surface area contributed by atoms with Crippen molar-refractivity contribution in [1.82, 2.24) is 5.32 Å². The lowest BCUT2D eigenvalue weighted by Crippen LogP contribution is -2.28. The van der Waals surface area contributed by atoms with Gasteiger partial charge >= 0.3 is 9.15 Å². The summed E-state index contributed by atoms with van der Waals surface area (Å²) in [4.78, 5) is 0. The van der Waals surface area contributed by atoms with E-state index in [1.165, 1.54) is 25.7 Å². The molecule has 0 saturated heterocycles. The molecular weight excluding hydrogens is 246 g/mol. The third-order valence-electron chi connectivity index (χ3n) is 2.32. The fraction of sp³-hybridized carbons (Fsp3) is 1.00. The van der Waals surface area contributed by atoms with E-state index >= 15 is 0 Å². The zero-order valence-corrected chi connectivity index (χ0v) is 11.7. The number of hydrogen-bond acceptors (Lipinski definition) is 4. The first-order valence-electron chi connectivity index (χ1n) is 5.81. The lowest BCUT2D eigenvalue weighted by atomic mass is 10.1. The van der Waals surface area contributed by atoms with Crippen LogP contribution in [0.5, 0.6) is 0 Å². The first-order chi connectivity index (χ1) is 7.45. The van der Waals surface area contributed by atoms with E-state index in [4.69, 9.17) is 4.55 Å². The average molecular weight is 269 g/mol. The Morgan fingerprint density at radius 2 is 2.00 bits per heavy atom. The van der Waals surface area contributed by atoms with Crippen molar-refractivity contribution < 1.29 is 13.0 Å². The lowest BCUT2D eigenvalue weighted by molar-refractivity contribution is 0.495. The molecule has 0 aromatic heterocycles. The van der Waals surface area contributed by atoms with Gasteiger partial charge < -0.3 is 5.32 Å². The Balaban J connectivity index is 3.33. The van der Waals surface area contributed by atoms with Gasteiger partial charge in [0.25, 0.3) is 0 Å². The van der Waals surface area contributed by atoms with Crippen LogP contribution >= 0.6 is 10.8 Å². The molecule has 0 radical (unpaired) electrons. The van der Waals surface area contributed by atoms with Crippen LogP contribution in [0.2, 0.25) is 0 Å². The smallest absolute Gasteiger partial charge is 0.313 e. The van der Waals surface area contributed by atoms with Crippen molar-refractivity contribution >= 4 is 19.9 Å². The highest BCUT2D eigenvalue weighted by molar-refractivity contribution is 8.69. The molecule has 1 atom stereocenters. The second kappa shape index (κ2) is 9.27. The Morgan fingerprint density at radius 3 is 2.56 bits per heavy atom. The van der Waals surface area contributed by atoms with Crippen LogP contribution in [0.3, 0.4) is 0 Å². The summed E-state index contributed by atoms with van der Waals surface area (Å²) < 4.78 is 29.3. The third kappa shape index (κ3) is 12.3. The van der Waals surface area contributed by atoms with Gasteiger partial charge in [0.05, 0.1) is 0 Å². The van der Waals surface area contributed by atoms with Gasteiger partial charge in [-0.3, -0.25) is 4.55 Å². The largest absolute Gasteiger partial charge is 0.319 e. The van der Waals surface area contributed by atoms with E-state index in [0.29, 0.717) is 29.1 Å². The molecule has 2 N–H and O–H groups in total. The minimum absolute atomic E-state index is 0.387. The zero-order chi connectivity index (χ0) is 12.4. The van der Waals surface area contributed by atoms with Gasteiger partial charge in [0.2, 0.25) is 0 Å². The number of hydrogen-bond donors (Lipinski definition) is 2. The SMILES string of the molecule is CCCCCCC(C)NCCSS(=O)(=O)O. The summed E-state index contributed by atoms with van der Waals surface area (Å²) in [7, 11) is -3.30. The van der Waals surface area contributed by atoms with E-state index in [-0.39, 0.29) is 0 Å². The predicted octanol–water partition coefficient (Wildman–Crippen LogP) is 2.47. The summed E-state index contributed by atoms with van der Waals surface area (Å²) in [6.45, 7) is 4.90. The monoisotopic (exact) mass is 269 g/mol. The van der Waals surface area contributed by atoms with Gasteiger partial charge in [0, 0.05) is 18.3 Å². The molecule has 16 heavy (non-hydrogen) atoms. The maximum atomic E-state index is 10.4. The van der Waals surface area contributed by atoms with Crippen LogP contribution in [0.25, 0.3) is 0 Å². The second-order valence-corrected chi connectivity index (χ2v) is 7.42. The zero-order valence-electron chi connectivity index (χ0n) is 10.1. The average Bonchev–Trinajstić information content (AvgIpc) is 2.18. The van der Waals surface area contributed by atoms with E-state index in [1.807, 2.05) is 0 Å². The quantitative estimate of drug-likeness (QED) is 0.362. The van der Waals surface area contributed by atoms with E-state index in [9.17, 15) is 8.42 Å². The number of nitrogens with one attached hydrogen (secondary N) is 1. The summed E-state index contributed by atoms with van der Waals surface area (Å²) in [6.07, 6.45) is 6.13. The Hall–Kier alpha value is 0.220. The fourth-order valence-corrected chi connectivity index (χ4v) is 2.73. The van der Waals surface area contributed by atoms with E-state index < -0.39 is 9.15 Å². The molecule has 0 aromatic carbocycles. The molecule has 0 aliphatic rings. The minimum Gasteiger partial charge on any atom is -0.313 e. The van der Waals surface area contributed by atoms with Crippen LogP contribution in [-0.2, 0) is 9.15 Å². The molecule has 0 amide bonds. The summed E-state index contributed by atoms with van der Waals surface area (Å²) in [6, 6.07) is 0.416. The second-order valence-electron chi connectivity index (χ2n) is 3.95. The predicted molar refractivity (Wildman–Crippen MR) is 70.2 cm³/mol. The van der Waals surface area contributed by atoms with Crippen molar-refractivity contribution in [3.63, 3.8) is 0 Å². The molecule has 6 heteroatoms. The Labute approximate surface area is 103 Å². The third-order valence-corrected chi connectivity index (χ3v) is 4.38. The highest BCUT2D eigenvalue weighted by Crippen LogP contribution is 2.08. The van der Waals surface area contributed by atoms with Crippen LogP contribution in [0.4, 0.5) is 0 Å². The van der Waals surface area contributed by atoms with Crippen LogP contribution in [0.15, 0.2) is 0 Å². The maximum absolute atomic E-state index is 10.4. The van der Waals surface area contributed by atoms with Gasteiger partial charge in [-0.15, -0.1) is 0 Å². The standard InChI is InChI=1S/C10H23NO3S2/c1-3-4-5-6-7-10(2)11-8-9-15-16(12,13)14/h10-11H,3-9H2,1-2H3,(H,12,13,14). The van der Waals surface area contributed by atoms with E-state index in [2.05, 4.69) is 19.2 Å². The summed E-state index contributed by atoms with van der Waals surface area (Å²) in [5.41, 5.74) is 0. The highest BCUT2D eigenvalue weighted by Gasteiger charge is 2.05. The Morgan fingerprint density at radius 1 is 1.31 bits per heavy atom. The lowest BCUT2D eigenvalue weighted by Gasteiger charge is -2.12. The summed E-state index contributed by atoms with van der Waals surface area (Å²) in [5.74, 6) is 0.387. The fourth-order valence-electron chi connectivity index (χ4n) is 1.43. The molecule has 0 aromatic rings. The number of unbranched alkanes of at least 4 members (excludes halogenated alkanes) is 3. The number of rotatable bonds is 10. The van der Waals surface area contributed by atoms with Crippen molar-refractivity contribution in [3.8, 4) is 0 Å². The van der Waals surface area contributed by atoms with Crippen LogP contribution in [0.1, 0.15) is 46.0 Å². The Bertz CT molecular complexity index is 255. The molecule has 4 nitrogen and oxygen atoms in total. The molecular formula is C10H23NO3S2. The topological polar surface area (TPSA) is 66.4 Å². The van der Waals surface area contributed by atoms with E-state index in [1.54, 1.807) is 0 Å². The molecule has 0 bridgehead atoms. The minimum atomic E-state index is -3.87. The van der Waals surface area contributed by atoms with Crippen LogP contribution in [-0.4, -0.2) is 31.3 Å². The highest BCUT2D eigenvalue weighted by atomic mass is 33.1. The summed E-state index contributed by atoms with van der Waals surface area (Å²) >= 11 is 0. The van der Waals surface area contributed by atoms with Gasteiger partial charge in [0.1, 0.15) is 0 Å². The molecule has 0 spiro atoms. The first kappa shape index (κ1) is 16.2. The molecule has 1 unspecified atom stereocenters. The van der Waals surface area contributed by atoms with Gasteiger partial charge in [0.15, 0.2) is 0 Å². The molecule has 0 rings (SSSR count). The molecule has 0 aliphatic heterocycles. The summed E-state index contributed by atoms with van der Waals surface area (Å²) in [5, 5.41) is 3.24. The van der Waals surface area contributed by atoms with Crippen molar-refractivity contribution in [2.24, 2.45) is 0 Å². The molecule has 0 aliphatic carbocycles. The van der Waals surface area contributed by atoms with Crippen LogP contribution in [0, 0.1) is 0 Å². The van der Waals surface area contributed by atoms with Crippen molar-refractivity contribution in [1.29, 1.82) is 0 Å². The first-order valence-corrected chi connectivity index (χ1v) is 8.75. The van der Waals surface area contributed by atoms with Crippen molar-refractivity contribution in [2.75, 3.05) is 12.3 Å². The molecule has 0 saturated carbocycles. The van der Waals surface area contributed by atoms with Crippen molar-refractivity contribution in [2.45, 2.75) is 52.0 Å².